The molecule has 6 heteroatoms. The minimum absolute atomic E-state index is 0.184. The van der Waals surface area contributed by atoms with Gasteiger partial charge in [0.05, 0.1) is 0 Å². The van der Waals surface area contributed by atoms with Crippen molar-refractivity contribution in [1.82, 2.24) is 4.98 Å². The minimum Gasteiger partial charge on any atom is -0.481 e. The van der Waals surface area contributed by atoms with E-state index in [1.165, 1.54) is 31.2 Å². The molecule has 0 unspecified atom stereocenters. The molecule has 122 valence electrons. The van der Waals surface area contributed by atoms with E-state index in [2.05, 4.69) is 4.98 Å². The molecule has 0 spiro atoms. The SMILES string of the molecule is NSc1ccc(-c2nc(CC(=O)O)oc2C2CCCCC2)cc1. The largest absolute Gasteiger partial charge is 0.481 e. The minimum atomic E-state index is -0.928. The quantitative estimate of drug-likeness (QED) is 0.805. The average molecular weight is 332 g/mol. The highest BCUT2D eigenvalue weighted by molar-refractivity contribution is 7.97. The predicted octanol–water partition coefficient (Wildman–Crippen LogP) is 3.98. The predicted molar refractivity (Wildman–Crippen MR) is 89.1 cm³/mol. The fourth-order valence-electron chi connectivity index (χ4n) is 3.12. The van der Waals surface area contributed by atoms with E-state index in [1.54, 1.807) is 0 Å². The van der Waals surface area contributed by atoms with Crippen LogP contribution in [0.15, 0.2) is 33.6 Å². The number of oxazole rings is 1. The number of benzene rings is 1. The fourth-order valence-corrected chi connectivity index (χ4v) is 3.42. The second-order valence-corrected chi connectivity index (χ2v) is 6.58. The third-order valence-electron chi connectivity index (χ3n) is 4.24. The summed E-state index contributed by atoms with van der Waals surface area (Å²) in [5.41, 5.74) is 1.73. The van der Waals surface area contributed by atoms with E-state index < -0.39 is 5.97 Å². The van der Waals surface area contributed by atoms with E-state index in [-0.39, 0.29) is 12.3 Å². The number of hydrogen-bond donors (Lipinski definition) is 2. The topological polar surface area (TPSA) is 89.3 Å². The molecule has 1 aromatic heterocycles. The molecule has 23 heavy (non-hydrogen) atoms. The fraction of sp³-hybridized carbons (Fsp3) is 0.412. The molecule has 0 aliphatic heterocycles. The molecule has 1 fully saturated rings. The Morgan fingerprint density at radius 1 is 1.26 bits per heavy atom. The van der Waals surface area contributed by atoms with Crippen molar-refractivity contribution in [2.24, 2.45) is 5.14 Å². The van der Waals surface area contributed by atoms with Gasteiger partial charge < -0.3 is 9.52 Å². The number of nitrogens with two attached hydrogens (primary N) is 1. The van der Waals surface area contributed by atoms with Crippen LogP contribution in [0.25, 0.3) is 11.3 Å². The van der Waals surface area contributed by atoms with Gasteiger partial charge in [-0.1, -0.05) is 31.4 Å². The molecule has 0 atom stereocenters. The average Bonchev–Trinajstić information content (AvgIpc) is 2.99. The van der Waals surface area contributed by atoms with Gasteiger partial charge in [0.15, 0.2) is 0 Å². The second-order valence-electron chi connectivity index (χ2n) is 5.87. The van der Waals surface area contributed by atoms with E-state index in [9.17, 15) is 4.79 Å². The molecular formula is C17H20N2O3S. The van der Waals surface area contributed by atoms with Gasteiger partial charge in [0, 0.05) is 16.4 Å². The van der Waals surface area contributed by atoms with Gasteiger partial charge in [-0.3, -0.25) is 9.93 Å². The molecule has 1 saturated carbocycles. The van der Waals surface area contributed by atoms with Gasteiger partial charge in [-0.25, -0.2) is 4.98 Å². The zero-order chi connectivity index (χ0) is 16.2. The van der Waals surface area contributed by atoms with E-state index in [0.717, 1.165) is 34.8 Å². The first kappa shape index (κ1) is 16.1. The molecule has 5 nitrogen and oxygen atoms in total. The molecule has 1 heterocycles. The molecule has 1 aromatic carbocycles. The lowest BCUT2D eigenvalue weighted by Crippen LogP contribution is -2.04. The van der Waals surface area contributed by atoms with Gasteiger partial charge >= 0.3 is 5.97 Å². The van der Waals surface area contributed by atoms with Crippen LogP contribution in [0.1, 0.15) is 49.7 Å². The van der Waals surface area contributed by atoms with Crippen LogP contribution in [-0.4, -0.2) is 16.1 Å². The van der Waals surface area contributed by atoms with Crippen LogP contribution >= 0.6 is 11.9 Å². The van der Waals surface area contributed by atoms with Crippen LogP contribution in [0, 0.1) is 0 Å². The number of rotatable bonds is 5. The number of carboxylic acid groups (broad SMARTS) is 1. The molecule has 3 N–H and O–H groups in total. The first-order chi connectivity index (χ1) is 11.2. The van der Waals surface area contributed by atoms with Crippen molar-refractivity contribution in [1.29, 1.82) is 0 Å². The van der Waals surface area contributed by atoms with Crippen LogP contribution in [-0.2, 0) is 11.2 Å². The van der Waals surface area contributed by atoms with Crippen LogP contribution in [0.3, 0.4) is 0 Å². The Labute approximate surface area is 139 Å². The molecular weight excluding hydrogens is 312 g/mol. The summed E-state index contributed by atoms with van der Waals surface area (Å²) >= 11 is 1.20. The summed E-state index contributed by atoms with van der Waals surface area (Å²) in [4.78, 5) is 16.4. The Morgan fingerprint density at radius 3 is 2.57 bits per heavy atom. The lowest BCUT2D eigenvalue weighted by Gasteiger charge is -2.20. The van der Waals surface area contributed by atoms with E-state index in [0.29, 0.717) is 5.92 Å². The zero-order valence-electron chi connectivity index (χ0n) is 12.8. The van der Waals surface area contributed by atoms with Gasteiger partial charge in [-0.05, 0) is 36.9 Å². The van der Waals surface area contributed by atoms with Crippen molar-refractivity contribution in [2.75, 3.05) is 0 Å². The third-order valence-corrected chi connectivity index (χ3v) is 4.78. The highest BCUT2D eigenvalue weighted by Crippen LogP contribution is 2.38. The smallest absolute Gasteiger partial charge is 0.312 e. The van der Waals surface area contributed by atoms with Gasteiger partial charge in [-0.15, -0.1) is 0 Å². The van der Waals surface area contributed by atoms with Crippen molar-refractivity contribution in [2.45, 2.75) is 49.3 Å². The standard InChI is InChI=1S/C17H20N2O3S/c18-23-13-8-6-11(7-9-13)16-17(12-4-2-1-3-5-12)22-14(19-16)10-15(20)21/h6-9,12H,1-5,10,18H2,(H,20,21). The number of carbonyl (C=O) groups is 1. The summed E-state index contributed by atoms with van der Waals surface area (Å²) in [7, 11) is 0. The number of nitrogens with zero attached hydrogens (tertiary/aromatic N) is 1. The normalized spacial score (nSPS) is 15.7. The molecule has 0 amide bonds. The van der Waals surface area contributed by atoms with Crippen molar-refractivity contribution in [3.63, 3.8) is 0 Å². The first-order valence-electron chi connectivity index (χ1n) is 7.86. The Bertz CT molecular complexity index is 676. The Balaban J connectivity index is 1.97. The van der Waals surface area contributed by atoms with Crippen LogP contribution in [0.5, 0.6) is 0 Å². The first-order valence-corrected chi connectivity index (χ1v) is 8.74. The summed E-state index contributed by atoms with van der Waals surface area (Å²) in [6, 6.07) is 7.81. The number of aromatic nitrogens is 1. The van der Waals surface area contributed by atoms with Gasteiger partial charge in [0.1, 0.15) is 17.9 Å². The van der Waals surface area contributed by atoms with Crippen molar-refractivity contribution < 1.29 is 14.3 Å². The molecule has 0 saturated heterocycles. The van der Waals surface area contributed by atoms with Crippen molar-refractivity contribution in [3.05, 3.63) is 35.9 Å². The molecule has 1 aliphatic carbocycles. The maximum absolute atomic E-state index is 11.0. The number of aliphatic carboxylic acids is 1. The molecule has 2 aromatic rings. The zero-order valence-corrected chi connectivity index (χ0v) is 13.6. The molecule has 0 bridgehead atoms. The monoisotopic (exact) mass is 332 g/mol. The number of carboxylic acids is 1. The van der Waals surface area contributed by atoms with Crippen LogP contribution < -0.4 is 5.14 Å². The van der Waals surface area contributed by atoms with E-state index in [4.69, 9.17) is 14.7 Å². The number of hydrogen-bond acceptors (Lipinski definition) is 5. The van der Waals surface area contributed by atoms with Crippen molar-refractivity contribution >= 4 is 17.9 Å². The molecule has 3 rings (SSSR count). The van der Waals surface area contributed by atoms with Crippen molar-refractivity contribution in [3.8, 4) is 11.3 Å². The van der Waals surface area contributed by atoms with E-state index >= 15 is 0 Å². The summed E-state index contributed by atoms with van der Waals surface area (Å²) in [5, 5.41) is 14.6. The van der Waals surface area contributed by atoms with Gasteiger partial charge in [0.25, 0.3) is 0 Å². The van der Waals surface area contributed by atoms with Gasteiger partial charge in [-0.2, -0.15) is 0 Å². The Morgan fingerprint density at radius 2 is 1.96 bits per heavy atom. The Hall–Kier alpha value is -1.79. The highest BCUT2D eigenvalue weighted by atomic mass is 32.2. The summed E-state index contributed by atoms with van der Waals surface area (Å²) in [5.74, 6) is 0.527. The maximum atomic E-state index is 11.0. The van der Waals surface area contributed by atoms with E-state index in [1.807, 2.05) is 24.3 Å². The third kappa shape index (κ3) is 3.76. The maximum Gasteiger partial charge on any atom is 0.312 e. The molecule has 0 radical (unpaired) electrons. The summed E-state index contributed by atoms with van der Waals surface area (Å²) in [6.07, 6.45) is 5.58. The highest BCUT2D eigenvalue weighted by Gasteiger charge is 2.25. The lowest BCUT2D eigenvalue weighted by molar-refractivity contribution is -0.136. The van der Waals surface area contributed by atoms with Gasteiger partial charge in [0.2, 0.25) is 5.89 Å². The van der Waals surface area contributed by atoms with Crippen LogP contribution in [0.4, 0.5) is 0 Å². The molecule has 1 aliphatic rings. The summed E-state index contributed by atoms with van der Waals surface area (Å²) < 4.78 is 5.85. The lowest BCUT2D eigenvalue weighted by atomic mass is 9.86. The summed E-state index contributed by atoms with van der Waals surface area (Å²) in [6.45, 7) is 0. The second kappa shape index (κ2) is 7.19. The van der Waals surface area contributed by atoms with Crippen LogP contribution in [0.2, 0.25) is 0 Å². The Kier molecular flexibility index (Phi) is 5.03.